The van der Waals surface area contributed by atoms with Gasteiger partial charge in [-0.25, -0.2) is 0 Å². The van der Waals surface area contributed by atoms with Gasteiger partial charge in [0.15, 0.2) is 11.5 Å². The zero-order valence-electron chi connectivity index (χ0n) is 13.5. The highest BCUT2D eigenvalue weighted by molar-refractivity contribution is 9.10. The number of carbonyl (C=O) groups excluding carboxylic acids is 2. The van der Waals surface area contributed by atoms with Gasteiger partial charge in [0.1, 0.15) is 13.2 Å². The summed E-state index contributed by atoms with van der Waals surface area (Å²) in [5, 5.41) is 0. The smallest absolute Gasteiger partial charge is 0.237 e. The molecule has 0 spiro atoms. The fraction of sp³-hybridized carbons (Fsp3) is 0.500. The van der Waals surface area contributed by atoms with Crippen molar-refractivity contribution in [1.29, 1.82) is 0 Å². The maximum atomic E-state index is 12.6. The Morgan fingerprint density at radius 2 is 1.78 bits per heavy atom. The molecule has 0 aliphatic carbocycles. The first-order chi connectivity index (χ1) is 10.7. The van der Waals surface area contributed by atoms with E-state index < -0.39 is 11.4 Å². The third-order valence-corrected chi connectivity index (χ3v) is 4.22. The summed E-state index contributed by atoms with van der Waals surface area (Å²) in [6.45, 7) is 6.49. The van der Waals surface area contributed by atoms with Gasteiger partial charge in [0.2, 0.25) is 11.8 Å². The van der Waals surface area contributed by atoms with Gasteiger partial charge in [-0.3, -0.25) is 9.59 Å². The van der Waals surface area contributed by atoms with Crippen molar-refractivity contribution in [2.45, 2.75) is 32.7 Å². The molecule has 0 unspecified atom stereocenters. The van der Waals surface area contributed by atoms with Crippen molar-refractivity contribution in [1.82, 2.24) is 4.90 Å². The Labute approximate surface area is 144 Å². The number of fused-ring (bicyclic) bond motifs is 1. The molecule has 0 saturated carbocycles. The minimum absolute atomic E-state index is 0.107. The van der Waals surface area contributed by atoms with Crippen molar-refractivity contribution in [2.75, 3.05) is 19.8 Å². The summed E-state index contributed by atoms with van der Waals surface area (Å²) < 4.78 is 11.8. The number of benzene rings is 1. The zero-order chi connectivity index (χ0) is 17.2. The summed E-state index contributed by atoms with van der Waals surface area (Å²) in [4.78, 5) is 25.4. The molecule has 1 aromatic rings. The maximum absolute atomic E-state index is 12.6. The number of hydrogen-bond donors (Lipinski definition) is 1. The van der Waals surface area contributed by atoms with Crippen molar-refractivity contribution in [3.63, 3.8) is 0 Å². The summed E-state index contributed by atoms with van der Waals surface area (Å²) in [5.41, 5.74) is 5.55. The predicted molar refractivity (Wildman–Crippen MR) is 89.5 cm³/mol. The molecule has 0 saturated heterocycles. The van der Waals surface area contributed by atoms with Crippen LogP contribution in [-0.2, 0) is 16.0 Å². The van der Waals surface area contributed by atoms with E-state index in [0.29, 0.717) is 24.7 Å². The molecule has 0 bridgehead atoms. The van der Waals surface area contributed by atoms with E-state index in [2.05, 4.69) is 15.9 Å². The largest absolute Gasteiger partial charge is 0.486 e. The Bertz CT molecular complexity index is 625. The lowest BCUT2D eigenvalue weighted by molar-refractivity contribution is -0.139. The quantitative estimate of drug-likeness (QED) is 0.858. The predicted octanol–water partition coefficient (Wildman–Crippen LogP) is 1.88. The van der Waals surface area contributed by atoms with Gasteiger partial charge in [-0.2, -0.15) is 0 Å². The second kappa shape index (κ2) is 6.78. The maximum Gasteiger partial charge on any atom is 0.237 e. The molecule has 0 radical (unpaired) electrons. The molecular weight excluding hydrogens is 364 g/mol. The molecule has 126 valence electrons. The fourth-order valence-corrected chi connectivity index (χ4v) is 2.82. The van der Waals surface area contributed by atoms with Gasteiger partial charge in [0.05, 0.1) is 13.0 Å². The molecule has 0 fully saturated rings. The Hall–Kier alpha value is -1.76. The average molecular weight is 385 g/mol. The van der Waals surface area contributed by atoms with Crippen LogP contribution in [0.3, 0.4) is 0 Å². The molecule has 1 aromatic carbocycles. The van der Waals surface area contributed by atoms with Crippen LogP contribution in [0.25, 0.3) is 0 Å². The van der Waals surface area contributed by atoms with Gasteiger partial charge in [-0.05, 0) is 38.5 Å². The number of nitrogens with zero attached hydrogens (tertiary/aromatic N) is 1. The van der Waals surface area contributed by atoms with Gasteiger partial charge < -0.3 is 20.1 Å². The van der Waals surface area contributed by atoms with Crippen LogP contribution in [-0.4, -0.2) is 42.0 Å². The molecule has 6 nitrogen and oxygen atoms in total. The summed E-state index contributed by atoms with van der Waals surface area (Å²) in [5.74, 6) is 0.576. The molecule has 2 N–H and O–H groups in total. The number of nitrogens with two attached hydrogens (primary N) is 1. The lowest BCUT2D eigenvalue weighted by atomic mass is 10.0. The van der Waals surface area contributed by atoms with Gasteiger partial charge in [0.25, 0.3) is 0 Å². The Morgan fingerprint density at radius 1 is 1.22 bits per heavy atom. The van der Waals surface area contributed by atoms with E-state index >= 15 is 0 Å². The van der Waals surface area contributed by atoms with E-state index in [4.69, 9.17) is 15.2 Å². The van der Waals surface area contributed by atoms with Crippen LogP contribution in [0.1, 0.15) is 26.3 Å². The van der Waals surface area contributed by atoms with Crippen LogP contribution in [0.4, 0.5) is 0 Å². The van der Waals surface area contributed by atoms with Crippen LogP contribution >= 0.6 is 15.9 Å². The van der Waals surface area contributed by atoms with Gasteiger partial charge in [-0.15, -0.1) is 0 Å². The van der Waals surface area contributed by atoms with Crippen molar-refractivity contribution in [3.8, 4) is 11.5 Å². The van der Waals surface area contributed by atoms with Crippen molar-refractivity contribution < 1.29 is 19.1 Å². The van der Waals surface area contributed by atoms with Crippen LogP contribution in [0, 0.1) is 0 Å². The normalized spacial score (nSPS) is 13.6. The molecule has 7 heteroatoms. The van der Waals surface area contributed by atoms with Gasteiger partial charge in [-0.1, -0.05) is 15.9 Å². The number of halogens is 1. The number of primary amides is 1. The number of carbonyl (C=O) groups is 2. The molecule has 1 aliphatic heterocycles. The first-order valence-electron chi connectivity index (χ1n) is 7.35. The van der Waals surface area contributed by atoms with E-state index in [0.717, 1.165) is 10.0 Å². The SMILES string of the molecule is CC(C)(C)N(CC(N)=O)C(=O)Cc1cc2c(cc1Br)OCCO2. The van der Waals surface area contributed by atoms with E-state index in [9.17, 15) is 9.59 Å². The van der Waals surface area contributed by atoms with Crippen LogP contribution in [0.2, 0.25) is 0 Å². The highest BCUT2D eigenvalue weighted by Gasteiger charge is 2.28. The summed E-state index contributed by atoms with van der Waals surface area (Å²) >= 11 is 3.46. The second-order valence-electron chi connectivity index (χ2n) is 6.38. The topological polar surface area (TPSA) is 81.9 Å². The molecule has 1 heterocycles. The average Bonchev–Trinajstić information content (AvgIpc) is 2.44. The monoisotopic (exact) mass is 384 g/mol. The van der Waals surface area contributed by atoms with Crippen LogP contribution in [0.5, 0.6) is 11.5 Å². The van der Waals surface area contributed by atoms with Crippen molar-refractivity contribution >= 4 is 27.7 Å². The van der Waals surface area contributed by atoms with Gasteiger partial charge >= 0.3 is 0 Å². The molecule has 23 heavy (non-hydrogen) atoms. The molecular formula is C16H21BrN2O4. The molecule has 2 amide bonds. The molecule has 0 aromatic heterocycles. The van der Waals surface area contributed by atoms with Crippen molar-refractivity contribution in [2.24, 2.45) is 5.73 Å². The Kier molecular flexibility index (Phi) is 5.19. The third kappa shape index (κ3) is 4.37. The zero-order valence-corrected chi connectivity index (χ0v) is 15.1. The highest BCUT2D eigenvalue weighted by Crippen LogP contribution is 2.36. The van der Waals surface area contributed by atoms with Crippen LogP contribution in [0.15, 0.2) is 16.6 Å². The number of rotatable bonds is 4. The van der Waals surface area contributed by atoms with E-state index in [1.165, 1.54) is 4.90 Å². The van der Waals surface area contributed by atoms with E-state index in [-0.39, 0.29) is 18.9 Å². The Morgan fingerprint density at radius 3 is 2.30 bits per heavy atom. The highest BCUT2D eigenvalue weighted by atomic mass is 79.9. The fourth-order valence-electron chi connectivity index (χ4n) is 2.36. The third-order valence-electron chi connectivity index (χ3n) is 3.48. The Balaban J connectivity index is 2.23. The molecule has 1 aliphatic rings. The summed E-state index contributed by atoms with van der Waals surface area (Å²) in [7, 11) is 0. The number of hydrogen-bond acceptors (Lipinski definition) is 4. The van der Waals surface area contributed by atoms with Crippen molar-refractivity contribution in [3.05, 3.63) is 22.2 Å². The summed E-state index contributed by atoms with van der Waals surface area (Å²) in [6.07, 6.45) is 0.141. The van der Waals surface area contributed by atoms with Crippen LogP contribution < -0.4 is 15.2 Å². The molecule has 0 atom stereocenters. The first-order valence-corrected chi connectivity index (χ1v) is 8.14. The lowest BCUT2D eigenvalue weighted by Crippen LogP contribution is -2.50. The minimum Gasteiger partial charge on any atom is -0.486 e. The van der Waals surface area contributed by atoms with Gasteiger partial charge in [0, 0.05) is 10.0 Å². The first kappa shape index (κ1) is 17.6. The van der Waals surface area contributed by atoms with E-state index in [1.54, 1.807) is 12.1 Å². The standard InChI is InChI=1S/C16H21BrN2O4/c1-16(2,3)19(9-14(18)20)15(21)7-10-6-12-13(8-11(10)17)23-5-4-22-12/h6,8H,4-5,7,9H2,1-3H3,(H2,18,20). The summed E-state index contributed by atoms with van der Waals surface area (Å²) in [6, 6.07) is 3.59. The molecule has 2 rings (SSSR count). The number of amides is 2. The lowest BCUT2D eigenvalue weighted by Gasteiger charge is -2.35. The van der Waals surface area contributed by atoms with E-state index in [1.807, 2.05) is 20.8 Å². The number of ether oxygens (including phenoxy) is 2. The second-order valence-corrected chi connectivity index (χ2v) is 7.24. The minimum atomic E-state index is -0.533.